The Balaban J connectivity index is 2.08. The van der Waals surface area contributed by atoms with Gasteiger partial charge < -0.3 is 9.05 Å². The Bertz CT molecular complexity index is 257. The standard InChI is InChI=1S/C11H21O3P/c1-3-13-15(12,14-4-2)11-8-9-5-6-10(11)7-9/h9-11H,3-8H2,1-2H3/t9-,10+,11-/m0/s1. The Labute approximate surface area is 92.1 Å². The first kappa shape index (κ1) is 11.6. The monoisotopic (exact) mass is 232 g/mol. The molecule has 2 saturated carbocycles. The van der Waals surface area contributed by atoms with Crippen LogP contribution in [0.4, 0.5) is 0 Å². The summed E-state index contributed by atoms with van der Waals surface area (Å²) in [6.45, 7) is 4.76. The normalized spacial score (nSPS) is 34.9. The zero-order valence-corrected chi connectivity index (χ0v) is 10.5. The Morgan fingerprint density at radius 2 is 1.80 bits per heavy atom. The molecule has 2 fully saturated rings. The lowest BCUT2D eigenvalue weighted by Crippen LogP contribution is -2.20. The zero-order valence-electron chi connectivity index (χ0n) is 9.65. The van der Waals surface area contributed by atoms with Crippen molar-refractivity contribution >= 4 is 7.60 Å². The lowest BCUT2D eigenvalue weighted by Gasteiger charge is -2.29. The SMILES string of the molecule is CCOP(=O)(OCC)[C@H]1C[C@H]2CC[C@@H]1C2. The second-order valence-electron chi connectivity index (χ2n) is 4.62. The van der Waals surface area contributed by atoms with Gasteiger partial charge in [0.25, 0.3) is 0 Å². The smallest absolute Gasteiger partial charge is 0.309 e. The molecular formula is C11H21O3P. The fraction of sp³-hybridized carbons (Fsp3) is 1.00. The van der Waals surface area contributed by atoms with E-state index in [0.29, 0.717) is 19.1 Å². The van der Waals surface area contributed by atoms with Crippen LogP contribution in [-0.2, 0) is 13.6 Å². The first-order valence-corrected chi connectivity index (χ1v) is 7.69. The molecule has 0 spiro atoms. The molecule has 3 atom stereocenters. The summed E-state index contributed by atoms with van der Waals surface area (Å²) in [4.78, 5) is 0. The molecule has 0 aliphatic heterocycles. The Morgan fingerprint density at radius 1 is 1.13 bits per heavy atom. The molecule has 2 aliphatic rings. The maximum Gasteiger partial charge on any atom is 0.333 e. The van der Waals surface area contributed by atoms with Gasteiger partial charge in [0.1, 0.15) is 0 Å². The second-order valence-corrected chi connectivity index (χ2v) is 6.88. The molecular weight excluding hydrogens is 211 g/mol. The van der Waals surface area contributed by atoms with Crippen LogP contribution in [0.2, 0.25) is 0 Å². The molecule has 0 aromatic heterocycles. The van der Waals surface area contributed by atoms with Crippen molar-refractivity contribution in [1.82, 2.24) is 0 Å². The van der Waals surface area contributed by atoms with E-state index in [2.05, 4.69) is 0 Å². The molecule has 3 nitrogen and oxygen atoms in total. The van der Waals surface area contributed by atoms with Crippen LogP contribution in [0.1, 0.15) is 39.5 Å². The molecule has 0 saturated heterocycles. The molecule has 88 valence electrons. The third-order valence-corrected chi connectivity index (χ3v) is 6.41. The molecule has 0 radical (unpaired) electrons. The first-order valence-electron chi connectivity index (χ1n) is 6.08. The lowest BCUT2D eigenvalue weighted by molar-refractivity contribution is 0.203. The van der Waals surface area contributed by atoms with Crippen LogP contribution in [0.25, 0.3) is 0 Å². The number of hydrogen-bond donors (Lipinski definition) is 0. The minimum Gasteiger partial charge on any atom is -0.309 e. The van der Waals surface area contributed by atoms with Gasteiger partial charge in [0, 0.05) is 0 Å². The van der Waals surface area contributed by atoms with Crippen LogP contribution in [0.15, 0.2) is 0 Å². The third-order valence-electron chi connectivity index (χ3n) is 3.73. The summed E-state index contributed by atoms with van der Waals surface area (Å²) in [5.74, 6) is 1.38. The van der Waals surface area contributed by atoms with E-state index in [4.69, 9.17) is 9.05 Å². The first-order chi connectivity index (χ1) is 7.19. The molecule has 2 bridgehead atoms. The molecule has 15 heavy (non-hydrogen) atoms. The highest BCUT2D eigenvalue weighted by Gasteiger charge is 2.50. The van der Waals surface area contributed by atoms with E-state index in [-0.39, 0.29) is 5.66 Å². The van der Waals surface area contributed by atoms with E-state index >= 15 is 0 Å². The largest absolute Gasteiger partial charge is 0.333 e. The molecule has 0 unspecified atom stereocenters. The Hall–Kier alpha value is 0.150. The van der Waals surface area contributed by atoms with E-state index in [1.165, 1.54) is 19.3 Å². The van der Waals surface area contributed by atoms with E-state index < -0.39 is 7.60 Å². The molecule has 0 N–H and O–H groups in total. The summed E-state index contributed by atoms with van der Waals surface area (Å²) in [6.07, 6.45) is 4.84. The maximum absolute atomic E-state index is 12.6. The molecule has 0 heterocycles. The van der Waals surface area contributed by atoms with Crippen molar-refractivity contribution in [3.63, 3.8) is 0 Å². The number of rotatable bonds is 5. The Morgan fingerprint density at radius 3 is 2.20 bits per heavy atom. The van der Waals surface area contributed by atoms with Crippen molar-refractivity contribution in [3.8, 4) is 0 Å². The molecule has 2 aliphatic carbocycles. The van der Waals surface area contributed by atoms with Gasteiger partial charge in [-0.05, 0) is 44.9 Å². The van der Waals surface area contributed by atoms with Crippen molar-refractivity contribution in [2.75, 3.05) is 13.2 Å². The van der Waals surface area contributed by atoms with E-state index in [1.54, 1.807) is 0 Å². The summed E-state index contributed by atoms with van der Waals surface area (Å²) in [5.41, 5.74) is 0.191. The summed E-state index contributed by atoms with van der Waals surface area (Å²) in [5, 5.41) is 0. The molecule has 0 aromatic carbocycles. The summed E-state index contributed by atoms with van der Waals surface area (Å²) in [7, 11) is -2.81. The van der Waals surface area contributed by atoms with E-state index in [9.17, 15) is 4.57 Å². The van der Waals surface area contributed by atoms with Crippen LogP contribution in [-0.4, -0.2) is 18.9 Å². The van der Waals surface area contributed by atoms with Gasteiger partial charge >= 0.3 is 7.60 Å². The maximum atomic E-state index is 12.6. The topological polar surface area (TPSA) is 35.5 Å². The van der Waals surface area contributed by atoms with Crippen molar-refractivity contribution < 1.29 is 13.6 Å². The van der Waals surface area contributed by atoms with E-state index in [0.717, 1.165) is 12.3 Å². The van der Waals surface area contributed by atoms with Crippen LogP contribution in [0, 0.1) is 11.8 Å². The van der Waals surface area contributed by atoms with Gasteiger partial charge in [-0.25, -0.2) is 0 Å². The van der Waals surface area contributed by atoms with Crippen molar-refractivity contribution in [2.24, 2.45) is 11.8 Å². The summed E-state index contributed by atoms with van der Waals surface area (Å²) < 4.78 is 23.4. The minimum absolute atomic E-state index is 0.191. The zero-order chi connectivity index (χ0) is 10.9. The van der Waals surface area contributed by atoms with Gasteiger partial charge in [0.05, 0.1) is 18.9 Å². The predicted molar refractivity (Wildman–Crippen MR) is 60.1 cm³/mol. The van der Waals surface area contributed by atoms with Crippen LogP contribution < -0.4 is 0 Å². The molecule has 0 aromatic rings. The highest BCUT2D eigenvalue weighted by Crippen LogP contribution is 2.64. The van der Waals surface area contributed by atoms with Gasteiger partial charge in [0.2, 0.25) is 0 Å². The van der Waals surface area contributed by atoms with Gasteiger partial charge in [-0.3, -0.25) is 4.57 Å². The molecule has 2 rings (SSSR count). The lowest BCUT2D eigenvalue weighted by atomic mass is 10.0. The Kier molecular flexibility index (Phi) is 3.54. The summed E-state index contributed by atoms with van der Waals surface area (Å²) in [6, 6.07) is 0. The van der Waals surface area contributed by atoms with Crippen molar-refractivity contribution in [1.29, 1.82) is 0 Å². The average Bonchev–Trinajstić information content (AvgIpc) is 2.79. The second kappa shape index (κ2) is 4.57. The van der Waals surface area contributed by atoms with Crippen molar-refractivity contribution in [3.05, 3.63) is 0 Å². The van der Waals surface area contributed by atoms with Crippen molar-refractivity contribution in [2.45, 2.75) is 45.2 Å². The van der Waals surface area contributed by atoms with Gasteiger partial charge in [0.15, 0.2) is 0 Å². The summed E-state index contributed by atoms with van der Waals surface area (Å²) >= 11 is 0. The highest BCUT2D eigenvalue weighted by atomic mass is 31.2. The van der Waals surface area contributed by atoms with Crippen LogP contribution in [0.3, 0.4) is 0 Å². The van der Waals surface area contributed by atoms with Gasteiger partial charge in [-0.2, -0.15) is 0 Å². The minimum atomic E-state index is -2.81. The molecule has 0 amide bonds. The van der Waals surface area contributed by atoms with Crippen LogP contribution in [0.5, 0.6) is 0 Å². The number of hydrogen-bond acceptors (Lipinski definition) is 3. The number of fused-ring (bicyclic) bond motifs is 2. The van der Waals surface area contributed by atoms with E-state index in [1.807, 2.05) is 13.8 Å². The fourth-order valence-electron chi connectivity index (χ4n) is 3.19. The predicted octanol–water partition coefficient (Wildman–Crippen LogP) is 3.44. The molecule has 4 heteroatoms. The average molecular weight is 232 g/mol. The fourth-order valence-corrected chi connectivity index (χ4v) is 5.71. The highest BCUT2D eigenvalue weighted by molar-refractivity contribution is 7.54. The van der Waals surface area contributed by atoms with Gasteiger partial charge in [-0.15, -0.1) is 0 Å². The van der Waals surface area contributed by atoms with Crippen LogP contribution >= 0.6 is 7.60 Å². The van der Waals surface area contributed by atoms with Gasteiger partial charge in [-0.1, -0.05) is 6.42 Å². The quantitative estimate of drug-likeness (QED) is 0.681. The third kappa shape index (κ3) is 2.15.